The molecule has 192 valence electrons. The van der Waals surface area contributed by atoms with Gasteiger partial charge in [0.15, 0.2) is 0 Å². The summed E-state index contributed by atoms with van der Waals surface area (Å²) in [6.07, 6.45) is 0.185. The second-order valence-corrected chi connectivity index (χ2v) is 8.76. The van der Waals surface area contributed by atoms with Crippen LogP contribution in [-0.4, -0.2) is 62.1 Å². The quantitative estimate of drug-likeness (QED) is 0.314. The van der Waals surface area contributed by atoms with Gasteiger partial charge in [0.2, 0.25) is 17.7 Å². The summed E-state index contributed by atoms with van der Waals surface area (Å²) in [7, 11) is 1.20. The summed E-state index contributed by atoms with van der Waals surface area (Å²) in [5.41, 5.74) is 0.802. The first-order chi connectivity index (χ1) is 16.7. The van der Waals surface area contributed by atoms with Gasteiger partial charge in [-0.1, -0.05) is 44.2 Å². The van der Waals surface area contributed by atoms with E-state index in [-0.39, 0.29) is 24.9 Å². The fourth-order valence-corrected chi connectivity index (χ4v) is 3.66. The first-order valence-corrected chi connectivity index (χ1v) is 11.6. The minimum absolute atomic E-state index is 0.0482. The molecule has 0 radical (unpaired) electrons. The first-order valence-electron chi connectivity index (χ1n) is 11.6. The van der Waals surface area contributed by atoms with Crippen LogP contribution >= 0.6 is 0 Å². The van der Waals surface area contributed by atoms with Gasteiger partial charge in [0.05, 0.1) is 7.11 Å². The van der Waals surface area contributed by atoms with Crippen molar-refractivity contribution >= 4 is 29.8 Å². The van der Waals surface area contributed by atoms with E-state index in [4.69, 9.17) is 9.47 Å². The molecule has 1 fully saturated rings. The number of nitrogens with one attached hydrogen (secondary N) is 4. The number of carbonyl (C=O) groups excluding carboxylic acids is 5. The molecule has 0 aromatic heterocycles. The normalized spacial score (nSPS) is 16.6. The summed E-state index contributed by atoms with van der Waals surface area (Å²) < 4.78 is 9.85. The van der Waals surface area contributed by atoms with E-state index in [2.05, 4.69) is 21.3 Å². The van der Waals surface area contributed by atoms with Crippen molar-refractivity contribution in [2.45, 2.75) is 51.8 Å². The van der Waals surface area contributed by atoms with Crippen LogP contribution in [0.2, 0.25) is 0 Å². The average Bonchev–Trinajstić information content (AvgIpc) is 3.24. The number of rotatable bonds is 12. The van der Waals surface area contributed by atoms with E-state index in [0.29, 0.717) is 19.4 Å². The van der Waals surface area contributed by atoms with Crippen LogP contribution in [0.4, 0.5) is 4.79 Å². The Balaban J connectivity index is 1.90. The summed E-state index contributed by atoms with van der Waals surface area (Å²) in [6, 6.07) is 7.10. The van der Waals surface area contributed by atoms with E-state index in [1.165, 1.54) is 7.11 Å². The maximum atomic E-state index is 13.0. The van der Waals surface area contributed by atoms with E-state index in [9.17, 15) is 24.0 Å². The molecule has 0 spiro atoms. The minimum Gasteiger partial charge on any atom is -0.467 e. The van der Waals surface area contributed by atoms with Crippen molar-refractivity contribution in [1.82, 2.24) is 21.3 Å². The minimum atomic E-state index is -1.03. The molecule has 4 N–H and O–H groups in total. The monoisotopic (exact) mass is 490 g/mol. The number of hydrogen-bond donors (Lipinski definition) is 4. The van der Waals surface area contributed by atoms with Crippen LogP contribution in [0.1, 0.15) is 38.7 Å². The van der Waals surface area contributed by atoms with Gasteiger partial charge in [0.1, 0.15) is 25.2 Å². The number of ether oxygens (including phenoxy) is 2. The molecule has 0 saturated carbocycles. The second-order valence-electron chi connectivity index (χ2n) is 8.76. The topological polar surface area (TPSA) is 152 Å². The summed E-state index contributed by atoms with van der Waals surface area (Å²) in [5, 5.41) is 10.2. The lowest BCUT2D eigenvalue weighted by Gasteiger charge is -2.24. The highest BCUT2D eigenvalue weighted by atomic mass is 16.5. The van der Waals surface area contributed by atoms with Crippen LogP contribution in [0, 0.1) is 11.8 Å². The summed E-state index contributed by atoms with van der Waals surface area (Å²) in [4.78, 5) is 61.4. The van der Waals surface area contributed by atoms with Crippen molar-refractivity contribution < 1.29 is 33.4 Å². The number of methoxy groups -OCH3 is 1. The highest BCUT2D eigenvalue weighted by Gasteiger charge is 2.33. The zero-order valence-electron chi connectivity index (χ0n) is 20.3. The number of alkyl carbamates (subject to hydrolysis) is 1. The predicted molar refractivity (Wildman–Crippen MR) is 126 cm³/mol. The average molecular weight is 491 g/mol. The maximum absolute atomic E-state index is 13.0. The Hall–Kier alpha value is -3.63. The van der Waals surface area contributed by atoms with E-state index in [1.807, 2.05) is 32.0 Å². The largest absolute Gasteiger partial charge is 0.467 e. The van der Waals surface area contributed by atoms with Crippen molar-refractivity contribution in [3.8, 4) is 0 Å². The Bertz CT molecular complexity index is 891. The van der Waals surface area contributed by atoms with Crippen LogP contribution in [0.5, 0.6) is 0 Å². The molecular weight excluding hydrogens is 456 g/mol. The lowest BCUT2D eigenvalue weighted by molar-refractivity contribution is -0.146. The molecule has 1 aromatic carbocycles. The van der Waals surface area contributed by atoms with Gasteiger partial charge >= 0.3 is 12.1 Å². The zero-order valence-corrected chi connectivity index (χ0v) is 20.3. The summed E-state index contributed by atoms with van der Waals surface area (Å²) in [6.45, 7) is 3.94. The highest BCUT2D eigenvalue weighted by Crippen LogP contribution is 2.17. The third kappa shape index (κ3) is 9.63. The summed E-state index contributed by atoms with van der Waals surface area (Å²) >= 11 is 0. The molecule has 1 aromatic rings. The molecule has 3 atom stereocenters. The Morgan fingerprint density at radius 2 is 1.80 bits per heavy atom. The maximum Gasteiger partial charge on any atom is 0.407 e. The third-order valence-electron chi connectivity index (χ3n) is 5.45. The Labute approximate surface area is 204 Å². The first kappa shape index (κ1) is 27.6. The number of hydrogen-bond acceptors (Lipinski definition) is 7. The van der Waals surface area contributed by atoms with E-state index in [1.54, 1.807) is 12.1 Å². The van der Waals surface area contributed by atoms with E-state index >= 15 is 0 Å². The molecule has 1 saturated heterocycles. The molecule has 11 nitrogen and oxygen atoms in total. The molecule has 1 aliphatic heterocycles. The van der Waals surface area contributed by atoms with E-state index in [0.717, 1.165) is 5.56 Å². The molecule has 1 aliphatic rings. The van der Waals surface area contributed by atoms with Crippen LogP contribution < -0.4 is 21.3 Å². The lowest BCUT2D eigenvalue weighted by Crippen LogP contribution is -2.54. The summed E-state index contributed by atoms with van der Waals surface area (Å²) in [5.74, 6) is -2.38. The standard InChI is InChI=1S/C24H34N4O7/c1-15(2)11-18(22(31)28-19(23(32)34-3)12-17-9-10-25-21(17)30)27-20(29)13-26-24(33)35-14-16-7-5-4-6-8-16/h4-8,15,17-19H,9-14H2,1-3H3,(H,25,30)(H,26,33)(H,27,29)(H,28,31)/t17?,18-,19-/m0/s1. The van der Waals surface area contributed by atoms with Crippen molar-refractivity contribution in [2.75, 3.05) is 20.2 Å². The lowest BCUT2D eigenvalue weighted by atomic mass is 9.97. The van der Waals surface area contributed by atoms with Crippen LogP contribution in [0.3, 0.4) is 0 Å². The van der Waals surface area contributed by atoms with Gasteiger partial charge in [0.25, 0.3) is 0 Å². The Morgan fingerprint density at radius 3 is 2.40 bits per heavy atom. The number of amides is 4. The SMILES string of the molecule is COC(=O)[C@H](CC1CCNC1=O)NC(=O)[C@H](CC(C)C)NC(=O)CNC(=O)OCc1ccccc1. The van der Waals surface area contributed by atoms with Crippen molar-refractivity contribution in [3.05, 3.63) is 35.9 Å². The molecule has 35 heavy (non-hydrogen) atoms. The highest BCUT2D eigenvalue weighted by molar-refractivity contribution is 5.92. The van der Waals surface area contributed by atoms with Gasteiger partial charge < -0.3 is 30.7 Å². The van der Waals surface area contributed by atoms with E-state index < -0.39 is 48.4 Å². The molecule has 1 unspecified atom stereocenters. The molecule has 1 heterocycles. The molecule has 2 rings (SSSR count). The van der Waals surface area contributed by atoms with Crippen molar-refractivity contribution in [2.24, 2.45) is 11.8 Å². The third-order valence-corrected chi connectivity index (χ3v) is 5.45. The van der Waals surface area contributed by atoms with Crippen LogP contribution in [-0.2, 0) is 35.3 Å². The predicted octanol–water partition coefficient (Wildman–Crippen LogP) is 0.628. The number of carbonyl (C=O) groups is 5. The molecule has 0 bridgehead atoms. The zero-order chi connectivity index (χ0) is 25.8. The molecule has 0 aliphatic carbocycles. The van der Waals surface area contributed by atoms with Gasteiger partial charge in [-0.25, -0.2) is 9.59 Å². The van der Waals surface area contributed by atoms with Crippen molar-refractivity contribution in [3.63, 3.8) is 0 Å². The molecular formula is C24H34N4O7. The smallest absolute Gasteiger partial charge is 0.407 e. The van der Waals surface area contributed by atoms with Gasteiger partial charge in [-0.15, -0.1) is 0 Å². The number of esters is 1. The Morgan fingerprint density at radius 1 is 1.09 bits per heavy atom. The molecule has 11 heteroatoms. The van der Waals surface area contributed by atoms with Gasteiger partial charge in [0, 0.05) is 12.5 Å². The fraction of sp³-hybridized carbons (Fsp3) is 0.542. The van der Waals surface area contributed by atoms with Crippen LogP contribution in [0.25, 0.3) is 0 Å². The van der Waals surface area contributed by atoms with Crippen molar-refractivity contribution in [1.29, 1.82) is 0 Å². The van der Waals surface area contributed by atoms with Gasteiger partial charge in [-0.05, 0) is 30.7 Å². The van der Waals surface area contributed by atoms with Gasteiger partial charge in [-0.2, -0.15) is 0 Å². The number of benzene rings is 1. The Kier molecular flexibility index (Phi) is 11.0. The fourth-order valence-electron chi connectivity index (χ4n) is 3.66. The molecule has 4 amide bonds. The van der Waals surface area contributed by atoms with Crippen LogP contribution in [0.15, 0.2) is 30.3 Å². The van der Waals surface area contributed by atoms with Gasteiger partial charge in [-0.3, -0.25) is 14.4 Å². The second kappa shape index (κ2) is 13.9.